The van der Waals surface area contributed by atoms with Crippen molar-refractivity contribution in [2.24, 2.45) is 0 Å². The first kappa shape index (κ1) is 13.9. The van der Waals surface area contributed by atoms with Crippen LogP contribution < -0.4 is 5.32 Å². The lowest BCUT2D eigenvalue weighted by Gasteiger charge is -2.04. The average Bonchev–Trinajstić information content (AvgIpc) is 2.25. The number of pyridine rings is 1. The molecule has 0 aliphatic rings. The van der Waals surface area contributed by atoms with Crippen LogP contribution in [-0.2, 0) is 0 Å². The van der Waals surface area contributed by atoms with Crippen molar-refractivity contribution >= 4 is 17.5 Å². The number of nitrogens with zero attached hydrogens (tertiary/aromatic N) is 1. The molecule has 0 radical (unpaired) electrons. The SMILES string of the molecule is CC.CCNC(=O)c1nc(Cl)ccc1C. The predicted molar refractivity (Wildman–Crippen MR) is 63.3 cm³/mol. The molecule has 0 bridgehead atoms. The zero-order chi connectivity index (χ0) is 11.8. The van der Waals surface area contributed by atoms with Crippen LogP contribution in [0.1, 0.15) is 36.8 Å². The Balaban J connectivity index is 0.000000921. The van der Waals surface area contributed by atoms with E-state index in [-0.39, 0.29) is 5.91 Å². The molecule has 0 spiro atoms. The van der Waals surface area contributed by atoms with Gasteiger partial charge >= 0.3 is 0 Å². The van der Waals surface area contributed by atoms with Crippen molar-refractivity contribution in [2.75, 3.05) is 6.54 Å². The summed E-state index contributed by atoms with van der Waals surface area (Å²) in [7, 11) is 0. The number of carbonyl (C=O) groups is 1. The van der Waals surface area contributed by atoms with Crippen LogP contribution in [-0.4, -0.2) is 17.4 Å². The fourth-order valence-corrected chi connectivity index (χ4v) is 1.13. The van der Waals surface area contributed by atoms with Gasteiger partial charge in [0.1, 0.15) is 10.8 Å². The fraction of sp³-hybridized carbons (Fsp3) is 0.455. The number of amides is 1. The van der Waals surface area contributed by atoms with Gasteiger partial charge in [0.15, 0.2) is 0 Å². The van der Waals surface area contributed by atoms with Gasteiger partial charge in [-0.2, -0.15) is 0 Å². The van der Waals surface area contributed by atoms with E-state index in [4.69, 9.17) is 11.6 Å². The number of hydrogen-bond donors (Lipinski definition) is 1. The monoisotopic (exact) mass is 228 g/mol. The number of hydrogen-bond acceptors (Lipinski definition) is 2. The maximum atomic E-state index is 11.4. The lowest BCUT2D eigenvalue weighted by molar-refractivity contribution is 0.0950. The molecule has 0 aliphatic carbocycles. The van der Waals surface area contributed by atoms with E-state index in [1.54, 1.807) is 12.1 Å². The third kappa shape index (κ3) is 4.30. The summed E-state index contributed by atoms with van der Waals surface area (Å²) in [6.07, 6.45) is 0. The van der Waals surface area contributed by atoms with Crippen molar-refractivity contribution in [1.29, 1.82) is 0 Å². The van der Waals surface area contributed by atoms with Crippen molar-refractivity contribution in [3.63, 3.8) is 0 Å². The first-order chi connectivity index (χ1) is 7.15. The third-order valence-corrected chi connectivity index (χ3v) is 1.83. The third-order valence-electron chi connectivity index (χ3n) is 1.62. The predicted octanol–water partition coefficient (Wildman–Crippen LogP) is 2.82. The fourth-order valence-electron chi connectivity index (χ4n) is 0.979. The molecule has 1 rings (SSSR count). The van der Waals surface area contributed by atoms with E-state index >= 15 is 0 Å². The molecule has 0 unspecified atom stereocenters. The Morgan fingerprint density at radius 1 is 1.47 bits per heavy atom. The van der Waals surface area contributed by atoms with Gasteiger partial charge in [0.25, 0.3) is 5.91 Å². The molecule has 1 amide bonds. The standard InChI is InChI=1S/C9H11ClN2O.C2H6/c1-3-11-9(13)8-6(2)4-5-7(10)12-8;1-2/h4-5H,3H2,1-2H3,(H,11,13);1-2H3. The van der Waals surface area contributed by atoms with Crippen LogP contribution in [0.4, 0.5) is 0 Å². The van der Waals surface area contributed by atoms with Crippen LogP contribution in [0, 0.1) is 6.92 Å². The number of halogens is 1. The summed E-state index contributed by atoms with van der Waals surface area (Å²) >= 11 is 5.67. The molecule has 0 saturated carbocycles. The highest BCUT2D eigenvalue weighted by molar-refractivity contribution is 6.29. The van der Waals surface area contributed by atoms with Crippen LogP contribution in [0.25, 0.3) is 0 Å². The van der Waals surface area contributed by atoms with E-state index in [1.165, 1.54) is 0 Å². The van der Waals surface area contributed by atoms with E-state index in [0.29, 0.717) is 17.4 Å². The molecule has 1 aromatic heterocycles. The Labute approximate surface area is 95.9 Å². The zero-order valence-electron chi connectivity index (χ0n) is 9.60. The van der Waals surface area contributed by atoms with Gasteiger partial charge in [0.2, 0.25) is 0 Å². The molecule has 0 saturated heterocycles. The molecule has 3 nitrogen and oxygen atoms in total. The largest absolute Gasteiger partial charge is 0.351 e. The van der Waals surface area contributed by atoms with Gasteiger partial charge in [-0.1, -0.05) is 31.5 Å². The lowest BCUT2D eigenvalue weighted by atomic mass is 10.2. The Bertz CT molecular complexity index is 326. The molecule has 4 heteroatoms. The van der Waals surface area contributed by atoms with E-state index in [2.05, 4.69) is 10.3 Å². The van der Waals surface area contributed by atoms with Crippen molar-refractivity contribution in [2.45, 2.75) is 27.7 Å². The summed E-state index contributed by atoms with van der Waals surface area (Å²) < 4.78 is 0. The van der Waals surface area contributed by atoms with Gasteiger partial charge < -0.3 is 5.32 Å². The summed E-state index contributed by atoms with van der Waals surface area (Å²) in [5, 5.41) is 3.01. The Morgan fingerprint density at radius 3 is 2.60 bits per heavy atom. The van der Waals surface area contributed by atoms with Crippen LogP contribution >= 0.6 is 11.6 Å². The molecule has 0 fully saturated rings. The first-order valence-electron chi connectivity index (χ1n) is 5.06. The summed E-state index contributed by atoms with van der Waals surface area (Å²) in [4.78, 5) is 15.3. The molecular formula is C11H17ClN2O. The van der Waals surface area contributed by atoms with Crippen molar-refractivity contribution in [3.8, 4) is 0 Å². The molecule has 0 aliphatic heterocycles. The second-order valence-electron chi connectivity index (χ2n) is 2.66. The second kappa shape index (κ2) is 7.23. The molecule has 84 valence electrons. The maximum absolute atomic E-state index is 11.4. The quantitative estimate of drug-likeness (QED) is 0.791. The van der Waals surface area contributed by atoms with Gasteiger partial charge in [-0.15, -0.1) is 0 Å². The van der Waals surface area contributed by atoms with Crippen LogP contribution in [0.2, 0.25) is 5.15 Å². The molecule has 15 heavy (non-hydrogen) atoms. The molecule has 0 aromatic carbocycles. The minimum atomic E-state index is -0.178. The van der Waals surface area contributed by atoms with E-state index in [0.717, 1.165) is 5.56 Å². The van der Waals surface area contributed by atoms with Crippen molar-refractivity contribution in [1.82, 2.24) is 10.3 Å². The molecule has 1 heterocycles. The summed E-state index contributed by atoms with van der Waals surface area (Å²) in [5.41, 5.74) is 1.23. The Kier molecular flexibility index (Phi) is 6.71. The normalized spacial score (nSPS) is 8.87. The highest BCUT2D eigenvalue weighted by Crippen LogP contribution is 2.10. The summed E-state index contributed by atoms with van der Waals surface area (Å²) in [6.45, 7) is 8.28. The topological polar surface area (TPSA) is 42.0 Å². The van der Waals surface area contributed by atoms with Crippen LogP contribution in [0.5, 0.6) is 0 Å². The van der Waals surface area contributed by atoms with Gasteiger partial charge in [-0.25, -0.2) is 4.98 Å². The minimum absolute atomic E-state index is 0.178. The number of aryl methyl sites for hydroxylation is 1. The molecular weight excluding hydrogens is 212 g/mol. The Hall–Kier alpha value is -1.09. The van der Waals surface area contributed by atoms with Gasteiger partial charge in [-0.3, -0.25) is 4.79 Å². The first-order valence-corrected chi connectivity index (χ1v) is 5.44. The zero-order valence-corrected chi connectivity index (χ0v) is 10.4. The van der Waals surface area contributed by atoms with Gasteiger partial charge in [0.05, 0.1) is 0 Å². The molecule has 0 atom stereocenters. The van der Waals surface area contributed by atoms with Gasteiger partial charge in [0, 0.05) is 6.54 Å². The minimum Gasteiger partial charge on any atom is -0.351 e. The van der Waals surface area contributed by atoms with E-state index in [1.807, 2.05) is 27.7 Å². The van der Waals surface area contributed by atoms with Gasteiger partial charge in [-0.05, 0) is 25.5 Å². The molecule has 1 aromatic rings. The van der Waals surface area contributed by atoms with Crippen LogP contribution in [0.15, 0.2) is 12.1 Å². The average molecular weight is 229 g/mol. The molecule has 1 N–H and O–H groups in total. The maximum Gasteiger partial charge on any atom is 0.270 e. The highest BCUT2D eigenvalue weighted by Gasteiger charge is 2.09. The van der Waals surface area contributed by atoms with Crippen molar-refractivity contribution < 1.29 is 4.79 Å². The highest BCUT2D eigenvalue weighted by atomic mass is 35.5. The smallest absolute Gasteiger partial charge is 0.270 e. The second-order valence-corrected chi connectivity index (χ2v) is 3.05. The number of rotatable bonds is 2. The van der Waals surface area contributed by atoms with E-state index < -0.39 is 0 Å². The Morgan fingerprint density at radius 2 is 2.07 bits per heavy atom. The number of aromatic nitrogens is 1. The lowest BCUT2D eigenvalue weighted by Crippen LogP contribution is -2.24. The van der Waals surface area contributed by atoms with Crippen molar-refractivity contribution in [3.05, 3.63) is 28.5 Å². The van der Waals surface area contributed by atoms with E-state index in [9.17, 15) is 4.79 Å². The van der Waals surface area contributed by atoms with Crippen LogP contribution in [0.3, 0.4) is 0 Å². The number of carbonyl (C=O) groups excluding carboxylic acids is 1. The number of nitrogens with one attached hydrogen (secondary N) is 1. The summed E-state index contributed by atoms with van der Waals surface area (Å²) in [6, 6.07) is 3.44. The summed E-state index contributed by atoms with van der Waals surface area (Å²) in [5.74, 6) is -0.178.